The molecule has 41 heavy (non-hydrogen) atoms. The van der Waals surface area contributed by atoms with Crippen molar-refractivity contribution < 1.29 is 9.18 Å². The molecule has 4 aliphatic rings. The number of nitrogens with zero attached hydrogens (tertiary/aromatic N) is 4. The maximum Gasteiger partial charge on any atom is 0.227 e. The molecule has 1 aromatic carbocycles. The topological polar surface area (TPSA) is 110 Å². The fraction of sp³-hybridized carbons (Fsp3) is 0.355. The van der Waals surface area contributed by atoms with E-state index in [2.05, 4.69) is 36.9 Å². The summed E-state index contributed by atoms with van der Waals surface area (Å²) in [7, 11) is 0. The van der Waals surface area contributed by atoms with E-state index in [1.807, 2.05) is 12.3 Å². The lowest BCUT2D eigenvalue weighted by molar-refractivity contribution is -0.122. The molecule has 2 fully saturated rings. The van der Waals surface area contributed by atoms with Crippen LogP contribution in [0.25, 0.3) is 16.8 Å². The number of benzene rings is 1. The van der Waals surface area contributed by atoms with Crippen molar-refractivity contribution in [3.8, 4) is 11.1 Å². The monoisotopic (exact) mass is 552 g/mol. The van der Waals surface area contributed by atoms with Crippen molar-refractivity contribution in [2.24, 2.45) is 10.9 Å². The van der Waals surface area contributed by atoms with Gasteiger partial charge in [-0.1, -0.05) is 6.42 Å². The van der Waals surface area contributed by atoms with Gasteiger partial charge in [-0.15, -0.1) is 0 Å². The number of likely N-dealkylation sites (tertiary alicyclic amines) is 1. The van der Waals surface area contributed by atoms with E-state index in [0.717, 1.165) is 55.1 Å². The molecule has 3 aromatic rings. The van der Waals surface area contributed by atoms with E-state index in [-0.39, 0.29) is 17.6 Å². The van der Waals surface area contributed by atoms with Gasteiger partial charge in [-0.2, -0.15) is 0 Å². The molecule has 10 heteroatoms. The highest BCUT2D eigenvalue weighted by molar-refractivity contribution is 6.15. The van der Waals surface area contributed by atoms with E-state index in [1.54, 1.807) is 24.5 Å². The highest BCUT2D eigenvalue weighted by atomic mass is 19.1. The van der Waals surface area contributed by atoms with Gasteiger partial charge in [0.25, 0.3) is 0 Å². The van der Waals surface area contributed by atoms with E-state index >= 15 is 4.39 Å². The highest BCUT2D eigenvalue weighted by Crippen LogP contribution is 2.35. The number of amides is 1. The number of benzodiazepines with no additional fused rings is 1. The van der Waals surface area contributed by atoms with Crippen molar-refractivity contribution in [1.82, 2.24) is 19.9 Å². The number of carbonyl (C=O) groups excluding carboxylic acids is 1. The van der Waals surface area contributed by atoms with E-state index in [9.17, 15) is 4.79 Å². The lowest BCUT2D eigenvalue weighted by Gasteiger charge is -2.30. The number of pyridine rings is 1. The molecule has 9 nitrogen and oxygen atoms in total. The Labute approximate surface area is 238 Å². The summed E-state index contributed by atoms with van der Waals surface area (Å²) in [5, 5.41) is 9.57. The number of aliphatic imine (C=N–C) groups is 1. The van der Waals surface area contributed by atoms with Gasteiger partial charge >= 0.3 is 0 Å². The molecule has 7 rings (SSSR count). The van der Waals surface area contributed by atoms with Gasteiger partial charge in [0.05, 0.1) is 24.1 Å². The quantitative estimate of drug-likeness (QED) is 0.338. The third-order valence-corrected chi connectivity index (χ3v) is 8.30. The average molecular weight is 553 g/mol. The predicted octanol–water partition coefficient (Wildman–Crippen LogP) is 5.38. The normalized spacial score (nSPS) is 18.4. The average Bonchev–Trinajstić information content (AvgIpc) is 3.11. The molecule has 210 valence electrons. The number of anilines is 3. The maximum absolute atomic E-state index is 15.6. The van der Waals surface area contributed by atoms with Crippen molar-refractivity contribution >= 4 is 34.5 Å². The van der Waals surface area contributed by atoms with Gasteiger partial charge in [0, 0.05) is 60.3 Å². The summed E-state index contributed by atoms with van der Waals surface area (Å²) in [6.45, 7) is 3.13. The number of aromatic nitrogens is 3. The smallest absolute Gasteiger partial charge is 0.227 e. The Bertz CT molecular complexity index is 1580. The number of fused-ring (bicyclic) bond motifs is 2. The first-order valence-corrected chi connectivity index (χ1v) is 14.5. The molecular weight excluding hydrogens is 519 g/mol. The van der Waals surface area contributed by atoms with Crippen LogP contribution in [0.4, 0.5) is 21.6 Å². The van der Waals surface area contributed by atoms with Crippen molar-refractivity contribution in [3.63, 3.8) is 0 Å². The van der Waals surface area contributed by atoms with E-state index in [0.29, 0.717) is 47.1 Å². The number of nitrogens with one attached hydrogen (secondary N) is 4. The number of allylic oxidation sites excluding steroid dienone is 2. The number of carbonyl (C=O) groups is 1. The zero-order valence-electron chi connectivity index (χ0n) is 22.8. The van der Waals surface area contributed by atoms with Crippen LogP contribution in [0, 0.1) is 11.7 Å². The van der Waals surface area contributed by atoms with E-state index in [4.69, 9.17) is 9.98 Å². The minimum atomic E-state index is -0.376. The number of hydrogen-bond acceptors (Lipinski definition) is 7. The van der Waals surface area contributed by atoms with Crippen LogP contribution in [0.2, 0.25) is 0 Å². The Kier molecular flexibility index (Phi) is 6.74. The van der Waals surface area contributed by atoms with Crippen LogP contribution in [-0.4, -0.2) is 57.6 Å². The second-order valence-corrected chi connectivity index (χ2v) is 11.0. The number of halogens is 1. The highest BCUT2D eigenvalue weighted by Gasteiger charge is 2.27. The van der Waals surface area contributed by atoms with Crippen molar-refractivity contribution in [2.75, 3.05) is 42.1 Å². The third-order valence-electron chi connectivity index (χ3n) is 8.30. The largest absolute Gasteiger partial charge is 0.383 e. The summed E-state index contributed by atoms with van der Waals surface area (Å²) < 4.78 is 15.6. The summed E-state index contributed by atoms with van der Waals surface area (Å²) >= 11 is 0. The molecule has 5 heterocycles. The van der Waals surface area contributed by atoms with Crippen molar-refractivity contribution in [2.45, 2.75) is 38.5 Å². The fourth-order valence-electron chi connectivity index (χ4n) is 5.88. The Morgan fingerprint density at radius 3 is 2.76 bits per heavy atom. The van der Waals surface area contributed by atoms with Gasteiger partial charge in [-0.25, -0.2) is 9.37 Å². The number of piperidine rings is 1. The first-order chi connectivity index (χ1) is 20.1. The minimum absolute atomic E-state index is 0.00441. The molecular formula is C31H33FN8O. The molecule has 1 saturated heterocycles. The molecule has 3 aliphatic heterocycles. The zero-order valence-corrected chi connectivity index (χ0v) is 22.8. The van der Waals surface area contributed by atoms with Gasteiger partial charge in [0.1, 0.15) is 17.2 Å². The van der Waals surface area contributed by atoms with E-state index in [1.165, 1.54) is 25.3 Å². The number of H-pyrrole nitrogens is 1. The molecule has 0 atom stereocenters. The number of aromatic amines is 1. The van der Waals surface area contributed by atoms with Crippen LogP contribution in [0.3, 0.4) is 0 Å². The predicted molar refractivity (Wildman–Crippen MR) is 159 cm³/mol. The van der Waals surface area contributed by atoms with Crippen LogP contribution >= 0.6 is 0 Å². The van der Waals surface area contributed by atoms with Crippen LogP contribution in [0.5, 0.6) is 0 Å². The molecule has 2 aromatic heterocycles. The number of hydrogen-bond donors (Lipinski definition) is 4. The van der Waals surface area contributed by atoms with Crippen molar-refractivity contribution in [3.05, 3.63) is 71.8 Å². The molecule has 0 bridgehead atoms. The summed E-state index contributed by atoms with van der Waals surface area (Å²) in [6, 6.07) is 5.09. The zero-order chi connectivity index (χ0) is 27.8. The first kappa shape index (κ1) is 25.5. The number of imidazole rings is 1. The van der Waals surface area contributed by atoms with Crippen LogP contribution in [0.1, 0.15) is 55.6 Å². The third kappa shape index (κ3) is 4.98. The maximum atomic E-state index is 15.6. The Morgan fingerprint density at radius 1 is 1.05 bits per heavy atom. The second kappa shape index (κ2) is 10.8. The molecule has 4 N–H and O–H groups in total. The van der Waals surface area contributed by atoms with Crippen LogP contribution in [0.15, 0.2) is 53.9 Å². The van der Waals surface area contributed by atoms with Gasteiger partial charge < -0.3 is 25.8 Å². The Balaban J connectivity index is 1.24. The fourth-order valence-corrected chi connectivity index (χ4v) is 5.88. The van der Waals surface area contributed by atoms with Crippen LogP contribution < -0.4 is 16.0 Å². The Morgan fingerprint density at radius 2 is 1.93 bits per heavy atom. The van der Waals surface area contributed by atoms with E-state index < -0.39 is 0 Å². The molecule has 1 aliphatic carbocycles. The lowest BCUT2D eigenvalue weighted by Crippen LogP contribution is -2.28. The van der Waals surface area contributed by atoms with Crippen LogP contribution in [-0.2, 0) is 4.79 Å². The van der Waals surface area contributed by atoms with Gasteiger partial charge in [0.15, 0.2) is 11.6 Å². The SMILES string of the molecule is O=C(Nc1cncc(-c2cc3c(cc2F)NCCN=C3c2nc3c([nH]2)C(N2CCCCC2)=CC=CN3)c1)C1CCC1. The van der Waals surface area contributed by atoms with Gasteiger partial charge in [-0.05, 0) is 62.5 Å². The summed E-state index contributed by atoms with van der Waals surface area (Å²) in [5.74, 6) is 1.04. The summed E-state index contributed by atoms with van der Waals surface area (Å²) in [4.78, 5) is 32.6. The molecule has 1 saturated carbocycles. The molecule has 1 amide bonds. The molecule has 0 unspecified atom stereocenters. The van der Waals surface area contributed by atoms with Crippen molar-refractivity contribution in [1.29, 1.82) is 0 Å². The minimum Gasteiger partial charge on any atom is -0.383 e. The Hall–Kier alpha value is -4.47. The van der Waals surface area contributed by atoms with Gasteiger partial charge in [0.2, 0.25) is 5.91 Å². The molecule has 0 radical (unpaired) electrons. The summed E-state index contributed by atoms with van der Waals surface area (Å²) in [5.41, 5.74) is 5.65. The summed E-state index contributed by atoms with van der Waals surface area (Å²) in [6.07, 6.45) is 15.7. The lowest BCUT2D eigenvalue weighted by atomic mass is 9.85. The number of rotatable bonds is 5. The standard InChI is InChI=1S/C31H33FN8O/c32-24-16-25-23(15-22(24)20-14-21(18-33-17-20)37-31(41)19-6-4-7-19)27(35-11-10-34-25)30-38-28-26(40-12-2-1-3-13-40)8-5-9-36-29(28)39-30/h5,8-9,14-19,34,36H,1-4,6-7,10-13H2,(H,37,41)(H,38,39). The molecule has 0 spiro atoms. The van der Waals surface area contributed by atoms with Gasteiger partial charge in [-0.3, -0.25) is 14.8 Å². The second-order valence-electron chi connectivity index (χ2n) is 11.0. The first-order valence-electron chi connectivity index (χ1n) is 14.5.